The number of hydrogen-bond donors (Lipinski definition) is 4. The number of nitrogens with zero attached hydrogens (tertiary/aromatic N) is 6. The van der Waals surface area contributed by atoms with Crippen LogP contribution in [0, 0.1) is 6.92 Å². The summed E-state index contributed by atoms with van der Waals surface area (Å²) in [7, 11) is 2.09. The molecule has 2 aliphatic rings. The van der Waals surface area contributed by atoms with Crippen LogP contribution < -0.4 is 22.1 Å². The number of likely N-dealkylation sites (N-methyl/N-ethyl adjacent to an activating group) is 1. The normalized spacial score (nSPS) is 19.0. The molecule has 1 saturated heterocycles. The summed E-state index contributed by atoms with van der Waals surface area (Å²) in [6.07, 6.45) is 2.35. The number of amidine groups is 1. The molecule has 1 aromatic heterocycles. The molecule has 6 N–H and O–H groups in total. The number of aryl methyl sites for hydroxylation is 1. The van der Waals surface area contributed by atoms with Gasteiger partial charge in [-0.15, -0.1) is 0 Å². The fourth-order valence-electron chi connectivity index (χ4n) is 4.23. The molecule has 40 heavy (non-hydrogen) atoms. The lowest BCUT2D eigenvalue weighted by Crippen LogP contribution is -2.40. The van der Waals surface area contributed by atoms with Crippen molar-refractivity contribution < 1.29 is 9.32 Å². The molecule has 212 valence electrons. The molecule has 0 radical (unpaired) electrons. The number of nitrogens with two attached hydrogens (primary N) is 2. The van der Waals surface area contributed by atoms with Crippen LogP contribution in [-0.4, -0.2) is 71.6 Å². The van der Waals surface area contributed by atoms with Gasteiger partial charge in [0.2, 0.25) is 5.96 Å². The largest absolute Gasteiger partial charge is 0.383 e. The third kappa shape index (κ3) is 6.57. The molecule has 0 atom stereocenters. The maximum absolute atomic E-state index is 13.0. The standard InChI is InChI=1S/C28H38N10O2/c1-7-31-22-23(34-27(35-24(22)29)38-12-8-11-37(6)13-14-38)25(30)32-19-15-18(10-9-17(19)2)26(39)33-21-16-20(40-36-21)28(3,4)5/h7,9-10,15-16,32H,1,8,11-14,30H2,2-6H3,(H2,29,34,35)(H,33,36,39)/b25-23-,31-22+. The van der Waals surface area contributed by atoms with E-state index < -0.39 is 0 Å². The van der Waals surface area contributed by atoms with Crippen molar-refractivity contribution in [3.8, 4) is 0 Å². The van der Waals surface area contributed by atoms with E-state index in [1.54, 1.807) is 18.2 Å². The maximum Gasteiger partial charge on any atom is 0.256 e. The molecule has 0 bridgehead atoms. The van der Waals surface area contributed by atoms with Crippen LogP contribution in [0.25, 0.3) is 0 Å². The van der Waals surface area contributed by atoms with Crippen LogP contribution >= 0.6 is 0 Å². The van der Waals surface area contributed by atoms with E-state index in [0.717, 1.165) is 38.2 Å². The SMILES string of the molecule is C=C/N=C1/C(N)=NC(N2CCCN(C)CC2)=N/C1=C(/N)Nc1cc(C(=O)Nc2cc(C(C)(C)C)on2)ccc1C. The van der Waals surface area contributed by atoms with Gasteiger partial charge < -0.3 is 36.4 Å². The Morgan fingerprint density at radius 3 is 2.62 bits per heavy atom. The molecule has 1 amide bonds. The molecule has 12 heteroatoms. The fraction of sp³-hybridized carbons (Fsp3) is 0.393. The minimum absolute atomic E-state index is 0.203. The Bertz CT molecular complexity index is 1410. The summed E-state index contributed by atoms with van der Waals surface area (Å²) in [4.78, 5) is 30.9. The molecule has 3 heterocycles. The van der Waals surface area contributed by atoms with E-state index in [-0.39, 0.29) is 23.0 Å². The van der Waals surface area contributed by atoms with Crippen molar-refractivity contribution >= 4 is 34.9 Å². The Labute approximate surface area is 234 Å². The molecule has 0 spiro atoms. The zero-order chi connectivity index (χ0) is 29.0. The Balaban J connectivity index is 1.61. The summed E-state index contributed by atoms with van der Waals surface area (Å²) in [5.41, 5.74) is 15.2. The van der Waals surface area contributed by atoms with Gasteiger partial charge in [-0.1, -0.05) is 38.6 Å². The number of carbonyl (C=O) groups excluding carboxylic acids is 1. The van der Waals surface area contributed by atoms with E-state index in [2.05, 4.69) is 49.2 Å². The van der Waals surface area contributed by atoms with Gasteiger partial charge >= 0.3 is 0 Å². The smallest absolute Gasteiger partial charge is 0.256 e. The number of aliphatic imine (C=N–C) groups is 3. The Hall–Kier alpha value is -4.45. The highest BCUT2D eigenvalue weighted by Crippen LogP contribution is 2.25. The first kappa shape index (κ1) is 28.6. The highest BCUT2D eigenvalue weighted by molar-refractivity contribution is 6.49. The van der Waals surface area contributed by atoms with Crippen LogP contribution in [0.4, 0.5) is 11.5 Å². The summed E-state index contributed by atoms with van der Waals surface area (Å²) in [5, 5.41) is 9.96. The Kier molecular flexibility index (Phi) is 8.38. The van der Waals surface area contributed by atoms with Gasteiger partial charge in [0, 0.05) is 48.6 Å². The van der Waals surface area contributed by atoms with Crippen LogP contribution in [0.3, 0.4) is 0 Å². The zero-order valence-corrected chi connectivity index (χ0v) is 23.8. The average Bonchev–Trinajstić information content (AvgIpc) is 3.27. The second-order valence-electron chi connectivity index (χ2n) is 10.9. The second-order valence-corrected chi connectivity index (χ2v) is 10.9. The first-order chi connectivity index (χ1) is 19.0. The number of aromatic nitrogens is 1. The predicted octanol–water partition coefficient (Wildman–Crippen LogP) is 3.02. The van der Waals surface area contributed by atoms with Crippen molar-refractivity contribution in [2.75, 3.05) is 43.9 Å². The molecule has 12 nitrogen and oxygen atoms in total. The number of amides is 1. The molecule has 2 aliphatic heterocycles. The maximum atomic E-state index is 13.0. The number of carbonyl (C=O) groups is 1. The van der Waals surface area contributed by atoms with Gasteiger partial charge in [0.1, 0.15) is 23.0 Å². The van der Waals surface area contributed by atoms with Gasteiger partial charge in [-0.05, 0) is 44.6 Å². The van der Waals surface area contributed by atoms with Crippen LogP contribution in [-0.2, 0) is 5.41 Å². The van der Waals surface area contributed by atoms with Crippen LogP contribution in [0.15, 0.2) is 68.1 Å². The number of hydrogen-bond acceptors (Lipinski definition) is 11. The quantitative estimate of drug-likeness (QED) is 0.445. The Morgan fingerprint density at radius 2 is 1.93 bits per heavy atom. The average molecular weight is 547 g/mol. The van der Waals surface area contributed by atoms with Crippen molar-refractivity contribution in [1.29, 1.82) is 0 Å². The highest BCUT2D eigenvalue weighted by Gasteiger charge is 2.26. The molecule has 2 aromatic rings. The highest BCUT2D eigenvalue weighted by atomic mass is 16.5. The molecular formula is C28H38N10O2. The molecule has 1 aromatic carbocycles. The van der Waals surface area contributed by atoms with Crippen molar-refractivity contribution in [3.63, 3.8) is 0 Å². The van der Waals surface area contributed by atoms with Gasteiger partial charge in [0.15, 0.2) is 11.7 Å². The summed E-state index contributed by atoms with van der Waals surface area (Å²) in [5.74, 6) is 1.59. The number of benzene rings is 1. The molecule has 0 unspecified atom stereocenters. The molecule has 0 saturated carbocycles. The number of rotatable bonds is 5. The van der Waals surface area contributed by atoms with Gasteiger partial charge in [-0.3, -0.25) is 9.79 Å². The van der Waals surface area contributed by atoms with E-state index in [4.69, 9.17) is 21.0 Å². The topological polar surface area (TPSA) is 163 Å². The predicted molar refractivity (Wildman–Crippen MR) is 160 cm³/mol. The zero-order valence-electron chi connectivity index (χ0n) is 23.8. The summed E-state index contributed by atoms with van der Waals surface area (Å²) < 4.78 is 5.38. The van der Waals surface area contributed by atoms with E-state index >= 15 is 0 Å². The van der Waals surface area contributed by atoms with E-state index in [1.165, 1.54) is 6.20 Å². The second kappa shape index (κ2) is 11.7. The number of anilines is 2. The minimum Gasteiger partial charge on any atom is -0.383 e. The third-order valence-corrected chi connectivity index (χ3v) is 6.64. The molecule has 1 fully saturated rings. The lowest BCUT2D eigenvalue weighted by molar-refractivity contribution is 0.102. The van der Waals surface area contributed by atoms with E-state index in [0.29, 0.717) is 40.2 Å². The van der Waals surface area contributed by atoms with E-state index in [9.17, 15) is 4.79 Å². The first-order valence-electron chi connectivity index (χ1n) is 13.2. The number of guanidine groups is 1. The molecular weight excluding hydrogens is 508 g/mol. The third-order valence-electron chi connectivity index (χ3n) is 6.64. The van der Waals surface area contributed by atoms with Gasteiger partial charge in [-0.25, -0.2) is 4.99 Å². The van der Waals surface area contributed by atoms with Gasteiger partial charge in [-0.2, -0.15) is 4.99 Å². The minimum atomic E-state index is -0.336. The van der Waals surface area contributed by atoms with Crippen molar-refractivity contribution in [2.24, 2.45) is 26.4 Å². The summed E-state index contributed by atoms with van der Waals surface area (Å²) in [6, 6.07) is 6.99. The van der Waals surface area contributed by atoms with Gasteiger partial charge in [0.05, 0.1) is 0 Å². The summed E-state index contributed by atoms with van der Waals surface area (Å²) in [6.45, 7) is 15.1. The molecule has 0 aliphatic carbocycles. The summed E-state index contributed by atoms with van der Waals surface area (Å²) >= 11 is 0. The van der Waals surface area contributed by atoms with Crippen LogP contribution in [0.2, 0.25) is 0 Å². The van der Waals surface area contributed by atoms with E-state index in [1.807, 2.05) is 33.8 Å². The van der Waals surface area contributed by atoms with Crippen molar-refractivity contribution in [2.45, 2.75) is 39.5 Å². The number of nitrogens with one attached hydrogen (secondary N) is 2. The van der Waals surface area contributed by atoms with Crippen LogP contribution in [0.5, 0.6) is 0 Å². The Morgan fingerprint density at radius 1 is 1.15 bits per heavy atom. The lowest BCUT2D eigenvalue weighted by atomic mass is 9.93. The van der Waals surface area contributed by atoms with Crippen molar-refractivity contribution in [3.05, 3.63) is 65.4 Å². The molecule has 4 rings (SSSR count). The van der Waals surface area contributed by atoms with Gasteiger partial charge in [0.25, 0.3) is 5.91 Å². The van der Waals surface area contributed by atoms with Crippen LogP contribution in [0.1, 0.15) is 48.9 Å². The first-order valence-corrected chi connectivity index (χ1v) is 13.2. The van der Waals surface area contributed by atoms with Crippen molar-refractivity contribution in [1.82, 2.24) is 15.0 Å². The monoisotopic (exact) mass is 546 g/mol. The lowest BCUT2D eigenvalue weighted by Gasteiger charge is -2.25. The fourth-order valence-corrected chi connectivity index (χ4v) is 4.23.